The van der Waals surface area contributed by atoms with E-state index in [1.165, 1.54) is 23.2 Å². The Hall–Kier alpha value is -1.76. The monoisotopic (exact) mass is 355 g/mol. The minimum atomic E-state index is 0.348. The van der Waals surface area contributed by atoms with Gasteiger partial charge in [-0.2, -0.15) is 5.10 Å². The average molecular weight is 355 g/mol. The summed E-state index contributed by atoms with van der Waals surface area (Å²) in [4.78, 5) is 9.15. The van der Waals surface area contributed by atoms with Crippen molar-refractivity contribution in [2.45, 2.75) is 32.0 Å². The van der Waals surface area contributed by atoms with E-state index in [-0.39, 0.29) is 0 Å². The lowest BCUT2D eigenvalue weighted by atomic mass is 9.84. The zero-order valence-corrected chi connectivity index (χ0v) is 16.1. The molecule has 140 valence electrons. The zero-order chi connectivity index (χ0) is 18.1. The molecule has 2 aromatic heterocycles. The van der Waals surface area contributed by atoms with Crippen LogP contribution in [0, 0.1) is 12.8 Å². The van der Waals surface area contributed by atoms with Gasteiger partial charge in [0.2, 0.25) is 0 Å². The standard InChI is InChI=1S/C20H29N5O/c1-16-19(9-22-24(16)3)11-25-14-20(15-25)8-18(10-23(20)2)13-26-12-17-4-6-21-7-5-17/h4-7,9,18H,8,10-15H2,1-3H3/t18-/m1/s1. The molecule has 2 aromatic rings. The number of aryl methyl sites for hydroxylation is 1. The maximum Gasteiger partial charge on any atom is 0.0718 e. The quantitative estimate of drug-likeness (QED) is 0.791. The predicted octanol–water partition coefficient (Wildman–Crippen LogP) is 1.85. The smallest absolute Gasteiger partial charge is 0.0718 e. The van der Waals surface area contributed by atoms with E-state index in [1.54, 1.807) is 0 Å². The van der Waals surface area contributed by atoms with Crippen LogP contribution in [0.5, 0.6) is 0 Å². The van der Waals surface area contributed by atoms with Crippen molar-refractivity contribution < 1.29 is 4.74 Å². The molecule has 2 aliphatic heterocycles. The summed E-state index contributed by atoms with van der Waals surface area (Å²) in [5, 5.41) is 4.36. The van der Waals surface area contributed by atoms with Gasteiger partial charge in [-0.05, 0) is 44.0 Å². The van der Waals surface area contributed by atoms with Gasteiger partial charge in [-0.15, -0.1) is 0 Å². The number of aromatic nitrogens is 3. The minimum absolute atomic E-state index is 0.348. The molecule has 2 aliphatic rings. The van der Waals surface area contributed by atoms with Crippen LogP contribution in [0.2, 0.25) is 0 Å². The Morgan fingerprint density at radius 3 is 2.69 bits per heavy atom. The fraction of sp³-hybridized carbons (Fsp3) is 0.600. The molecule has 6 nitrogen and oxygen atoms in total. The average Bonchev–Trinajstić information content (AvgIpc) is 3.10. The molecule has 1 spiro atoms. The maximum absolute atomic E-state index is 5.98. The summed E-state index contributed by atoms with van der Waals surface area (Å²) in [6.07, 6.45) is 6.89. The first-order valence-corrected chi connectivity index (χ1v) is 9.43. The predicted molar refractivity (Wildman–Crippen MR) is 101 cm³/mol. The summed E-state index contributed by atoms with van der Waals surface area (Å²) in [7, 11) is 4.28. The molecule has 4 rings (SSSR count). The van der Waals surface area contributed by atoms with E-state index in [0.29, 0.717) is 18.1 Å². The number of pyridine rings is 1. The first-order chi connectivity index (χ1) is 12.6. The van der Waals surface area contributed by atoms with E-state index in [1.807, 2.05) is 42.5 Å². The highest BCUT2D eigenvalue weighted by Crippen LogP contribution is 2.40. The molecule has 0 unspecified atom stereocenters. The van der Waals surface area contributed by atoms with Crippen LogP contribution in [0.4, 0.5) is 0 Å². The largest absolute Gasteiger partial charge is 0.376 e. The molecule has 4 heterocycles. The van der Waals surface area contributed by atoms with E-state index >= 15 is 0 Å². The number of likely N-dealkylation sites (tertiary alicyclic amines) is 2. The summed E-state index contributed by atoms with van der Waals surface area (Å²) in [6, 6.07) is 4.04. The van der Waals surface area contributed by atoms with Crippen molar-refractivity contribution in [3.05, 3.63) is 47.5 Å². The van der Waals surface area contributed by atoms with Crippen LogP contribution in [0.15, 0.2) is 30.7 Å². The molecule has 1 atom stereocenters. The summed E-state index contributed by atoms with van der Waals surface area (Å²) >= 11 is 0. The van der Waals surface area contributed by atoms with Gasteiger partial charge in [0, 0.05) is 62.4 Å². The molecule has 0 aliphatic carbocycles. The normalized spacial score (nSPS) is 22.8. The fourth-order valence-corrected chi connectivity index (χ4v) is 4.48. The van der Waals surface area contributed by atoms with Crippen molar-refractivity contribution in [3.8, 4) is 0 Å². The van der Waals surface area contributed by atoms with Crippen molar-refractivity contribution in [2.24, 2.45) is 13.0 Å². The van der Waals surface area contributed by atoms with Gasteiger partial charge in [-0.25, -0.2) is 0 Å². The Kier molecular flexibility index (Phi) is 4.82. The van der Waals surface area contributed by atoms with Gasteiger partial charge in [0.15, 0.2) is 0 Å². The zero-order valence-electron chi connectivity index (χ0n) is 16.1. The van der Waals surface area contributed by atoms with Gasteiger partial charge in [-0.3, -0.25) is 19.5 Å². The van der Waals surface area contributed by atoms with E-state index < -0.39 is 0 Å². The van der Waals surface area contributed by atoms with Gasteiger partial charge in [0.1, 0.15) is 0 Å². The molecule has 26 heavy (non-hydrogen) atoms. The van der Waals surface area contributed by atoms with Crippen LogP contribution < -0.4 is 0 Å². The summed E-state index contributed by atoms with van der Waals surface area (Å²) < 4.78 is 7.94. The number of rotatable bonds is 6. The van der Waals surface area contributed by atoms with E-state index in [4.69, 9.17) is 4.74 Å². The van der Waals surface area contributed by atoms with Crippen LogP contribution in [-0.4, -0.2) is 63.4 Å². The fourth-order valence-electron chi connectivity index (χ4n) is 4.48. The van der Waals surface area contributed by atoms with Crippen LogP contribution in [-0.2, 0) is 24.9 Å². The highest BCUT2D eigenvalue weighted by Gasteiger charge is 2.51. The summed E-state index contributed by atoms with van der Waals surface area (Å²) in [5.41, 5.74) is 4.16. The molecular weight excluding hydrogens is 326 g/mol. The van der Waals surface area contributed by atoms with Crippen LogP contribution >= 0.6 is 0 Å². The minimum Gasteiger partial charge on any atom is -0.376 e. The molecule has 6 heteroatoms. The number of ether oxygens (including phenoxy) is 1. The van der Waals surface area contributed by atoms with E-state index in [0.717, 1.165) is 32.8 Å². The maximum atomic E-state index is 5.98. The second kappa shape index (κ2) is 7.10. The third-order valence-electron chi connectivity index (χ3n) is 6.15. The first kappa shape index (κ1) is 17.6. The van der Waals surface area contributed by atoms with E-state index in [9.17, 15) is 0 Å². The molecular formula is C20H29N5O. The molecule has 0 amide bonds. The van der Waals surface area contributed by atoms with Gasteiger partial charge >= 0.3 is 0 Å². The van der Waals surface area contributed by atoms with Gasteiger partial charge in [-0.1, -0.05) is 0 Å². The third kappa shape index (κ3) is 3.41. The lowest BCUT2D eigenvalue weighted by Crippen LogP contribution is -2.66. The Bertz CT molecular complexity index is 738. The molecule has 0 aromatic carbocycles. The van der Waals surface area contributed by atoms with Gasteiger partial charge in [0.25, 0.3) is 0 Å². The van der Waals surface area contributed by atoms with Crippen LogP contribution in [0.1, 0.15) is 23.2 Å². The molecule has 0 radical (unpaired) electrons. The highest BCUT2D eigenvalue weighted by molar-refractivity contribution is 5.18. The molecule has 0 bridgehead atoms. The first-order valence-electron chi connectivity index (χ1n) is 9.43. The Morgan fingerprint density at radius 1 is 1.23 bits per heavy atom. The molecule has 2 saturated heterocycles. The topological polar surface area (TPSA) is 46.4 Å². The molecule has 2 fully saturated rings. The van der Waals surface area contributed by atoms with Crippen molar-refractivity contribution in [2.75, 3.05) is 33.3 Å². The third-order valence-corrected chi connectivity index (χ3v) is 6.15. The van der Waals surface area contributed by atoms with Gasteiger partial charge in [0.05, 0.1) is 19.4 Å². The Balaban J connectivity index is 1.25. The van der Waals surface area contributed by atoms with Crippen LogP contribution in [0.3, 0.4) is 0 Å². The number of hydrogen-bond donors (Lipinski definition) is 0. The van der Waals surface area contributed by atoms with Crippen molar-refractivity contribution >= 4 is 0 Å². The summed E-state index contributed by atoms with van der Waals surface area (Å²) in [5.74, 6) is 0.629. The second-order valence-electron chi connectivity index (χ2n) is 8.07. The molecule has 0 N–H and O–H groups in total. The lowest BCUT2D eigenvalue weighted by molar-refractivity contribution is -0.0227. The van der Waals surface area contributed by atoms with Crippen LogP contribution in [0.25, 0.3) is 0 Å². The SMILES string of the molecule is Cc1c(CN2CC3(C[C@@H](COCc4ccncc4)CN3C)C2)cnn1C. The number of nitrogens with zero attached hydrogens (tertiary/aromatic N) is 5. The number of hydrogen-bond acceptors (Lipinski definition) is 5. The van der Waals surface area contributed by atoms with E-state index in [2.05, 4.69) is 33.9 Å². The lowest BCUT2D eigenvalue weighted by Gasteiger charge is -2.52. The Labute approximate surface area is 155 Å². The number of likely N-dealkylation sites (N-methyl/N-ethyl adjacent to an activating group) is 1. The van der Waals surface area contributed by atoms with Gasteiger partial charge < -0.3 is 4.74 Å². The summed E-state index contributed by atoms with van der Waals surface area (Å²) in [6.45, 7) is 8.12. The molecule has 0 saturated carbocycles. The highest BCUT2D eigenvalue weighted by atomic mass is 16.5. The second-order valence-corrected chi connectivity index (χ2v) is 8.07. The van der Waals surface area contributed by atoms with Crippen molar-refractivity contribution in [1.29, 1.82) is 0 Å². The van der Waals surface area contributed by atoms with Crippen molar-refractivity contribution in [3.63, 3.8) is 0 Å². The Morgan fingerprint density at radius 2 is 2.00 bits per heavy atom. The van der Waals surface area contributed by atoms with Crippen molar-refractivity contribution in [1.82, 2.24) is 24.6 Å².